The smallest absolute Gasteiger partial charge is 0.227 e. The van der Waals surface area contributed by atoms with Gasteiger partial charge >= 0.3 is 0 Å². The lowest BCUT2D eigenvalue weighted by atomic mass is 9.46. The molecule has 2 saturated carbocycles. The number of carbonyl (C=O) groups excluding carboxylic acids is 1. The summed E-state index contributed by atoms with van der Waals surface area (Å²) in [5, 5.41) is 3.79. The highest BCUT2D eigenvalue weighted by atomic mass is 16.5. The predicted molar refractivity (Wildman–Crippen MR) is 89.6 cm³/mol. The van der Waals surface area contributed by atoms with Gasteiger partial charge in [-0.05, 0) is 49.9 Å². The molecule has 122 valence electrons. The van der Waals surface area contributed by atoms with Gasteiger partial charge in [0.2, 0.25) is 5.91 Å². The molecule has 2 aliphatic heterocycles. The molecule has 4 fully saturated rings. The Labute approximate surface area is 137 Å². The van der Waals surface area contributed by atoms with Crippen molar-refractivity contribution in [3.63, 3.8) is 0 Å². The van der Waals surface area contributed by atoms with E-state index in [9.17, 15) is 4.79 Å². The molecule has 0 bridgehead atoms. The first-order chi connectivity index (χ1) is 11.3. The van der Waals surface area contributed by atoms with Crippen LogP contribution < -0.4 is 10.2 Å². The fourth-order valence-electron chi connectivity index (χ4n) is 5.29. The molecule has 3 atom stereocenters. The lowest BCUT2D eigenvalue weighted by Crippen LogP contribution is -2.68. The van der Waals surface area contributed by atoms with Crippen LogP contribution in [-0.4, -0.2) is 31.2 Å². The van der Waals surface area contributed by atoms with Crippen LogP contribution in [0.2, 0.25) is 0 Å². The molecule has 1 aromatic rings. The van der Waals surface area contributed by atoms with Gasteiger partial charge in [0.1, 0.15) is 0 Å². The number of ether oxygens (including phenoxy) is 1. The molecule has 1 spiro atoms. The third-order valence-electron chi connectivity index (χ3n) is 6.61. The highest BCUT2D eigenvalue weighted by Crippen LogP contribution is 2.63. The normalized spacial score (nSPS) is 34.2. The van der Waals surface area contributed by atoms with E-state index in [1.165, 1.54) is 31.4 Å². The van der Waals surface area contributed by atoms with E-state index in [-0.39, 0.29) is 5.91 Å². The van der Waals surface area contributed by atoms with E-state index in [0.29, 0.717) is 29.9 Å². The van der Waals surface area contributed by atoms with Crippen LogP contribution in [0.3, 0.4) is 0 Å². The number of nitrogens with one attached hydrogen (secondary N) is 1. The van der Waals surface area contributed by atoms with Gasteiger partial charge in [-0.25, -0.2) is 0 Å². The number of hydrogen-bond acceptors (Lipinski definition) is 3. The zero-order valence-electron chi connectivity index (χ0n) is 13.5. The number of hydrogen-bond donors (Lipinski definition) is 1. The molecular weight excluding hydrogens is 288 g/mol. The van der Waals surface area contributed by atoms with E-state index in [1.54, 1.807) is 0 Å². The highest BCUT2D eigenvalue weighted by Gasteiger charge is 2.66. The maximum atomic E-state index is 11.8. The predicted octanol–water partition coefficient (Wildman–Crippen LogP) is 3.18. The van der Waals surface area contributed by atoms with Gasteiger partial charge in [0.25, 0.3) is 0 Å². The first-order valence-corrected chi connectivity index (χ1v) is 9.06. The van der Waals surface area contributed by atoms with Crippen LogP contribution in [0.5, 0.6) is 0 Å². The first kappa shape index (κ1) is 13.8. The Morgan fingerprint density at radius 2 is 2.00 bits per heavy atom. The van der Waals surface area contributed by atoms with E-state index < -0.39 is 0 Å². The van der Waals surface area contributed by atoms with Gasteiger partial charge in [0.05, 0.1) is 6.10 Å². The van der Waals surface area contributed by atoms with Gasteiger partial charge in [-0.2, -0.15) is 0 Å². The Bertz CT molecular complexity index is 623. The summed E-state index contributed by atoms with van der Waals surface area (Å²) in [4.78, 5) is 13.7. The van der Waals surface area contributed by atoms with E-state index in [2.05, 4.69) is 29.6 Å². The third kappa shape index (κ3) is 1.90. The number of carbonyl (C=O) groups is 1. The lowest BCUT2D eigenvalue weighted by molar-refractivity contribution is -0.158. The van der Waals surface area contributed by atoms with Gasteiger partial charge in [0.15, 0.2) is 0 Å². The maximum Gasteiger partial charge on any atom is 0.227 e. The minimum atomic E-state index is 0.254. The summed E-state index contributed by atoms with van der Waals surface area (Å²) in [6, 6.07) is 9.01. The summed E-state index contributed by atoms with van der Waals surface area (Å²) in [6.07, 6.45) is 7.35. The van der Waals surface area contributed by atoms with Crippen molar-refractivity contribution < 1.29 is 9.53 Å². The number of anilines is 2. The SMILES string of the molecule is O=C1CCCN1c1ccc(NC2C3CCOC3C23CCC3)cc1. The van der Waals surface area contributed by atoms with Gasteiger partial charge in [-0.15, -0.1) is 0 Å². The minimum Gasteiger partial charge on any atom is -0.381 e. The second-order valence-electron chi connectivity index (χ2n) is 7.65. The van der Waals surface area contributed by atoms with E-state index in [1.807, 2.05) is 4.90 Å². The van der Waals surface area contributed by atoms with Crippen molar-refractivity contribution in [2.24, 2.45) is 11.3 Å². The van der Waals surface area contributed by atoms with Crippen molar-refractivity contribution in [2.45, 2.75) is 50.7 Å². The number of nitrogens with zero attached hydrogens (tertiary/aromatic N) is 1. The Morgan fingerprint density at radius 3 is 2.65 bits per heavy atom. The Morgan fingerprint density at radius 1 is 1.17 bits per heavy atom. The average molecular weight is 312 g/mol. The minimum absolute atomic E-state index is 0.254. The molecule has 3 unspecified atom stereocenters. The molecule has 0 aromatic heterocycles. The fraction of sp³-hybridized carbons (Fsp3) is 0.632. The van der Waals surface area contributed by atoms with Crippen LogP contribution in [0.1, 0.15) is 38.5 Å². The van der Waals surface area contributed by atoms with Crippen molar-refractivity contribution in [2.75, 3.05) is 23.4 Å². The molecule has 2 heterocycles. The summed E-state index contributed by atoms with van der Waals surface area (Å²) >= 11 is 0. The summed E-state index contributed by atoms with van der Waals surface area (Å²) in [5.41, 5.74) is 2.62. The lowest BCUT2D eigenvalue weighted by Gasteiger charge is -2.63. The largest absolute Gasteiger partial charge is 0.381 e. The fourth-order valence-corrected chi connectivity index (χ4v) is 5.29. The molecule has 23 heavy (non-hydrogen) atoms. The molecule has 2 aliphatic carbocycles. The van der Waals surface area contributed by atoms with E-state index >= 15 is 0 Å². The standard InChI is InChI=1S/C19H24N2O2/c22-16-3-1-11-21(16)14-6-4-13(5-7-14)20-17-15-8-12-23-18(15)19(17)9-2-10-19/h4-7,15,17-18,20H,1-3,8-12H2. The Hall–Kier alpha value is -1.55. The molecule has 2 saturated heterocycles. The molecule has 4 aliphatic rings. The molecule has 4 nitrogen and oxygen atoms in total. The summed E-state index contributed by atoms with van der Waals surface area (Å²) in [7, 11) is 0. The highest BCUT2D eigenvalue weighted by molar-refractivity contribution is 5.95. The second kappa shape index (κ2) is 4.97. The van der Waals surface area contributed by atoms with Crippen LogP contribution in [0, 0.1) is 11.3 Å². The second-order valence-corrected chi connectivity index (χ2v) is 7.65. The van der Waals surface area contributed by atoms with E-state index in [0.717, 1.165) is 25.3 Å². The number of rotatable bonds is 3. The van der Waals surface area contributed by atoms with Crippen LogP contribution in [0.25, 0.3) is 0 Å². The first-order valence-electron chi connectivity index (χ1n) is 9.06. The summed E-state index contributed by atoms with van der Waals surface area (Å²) in [6.45, 7) is 1.80. The third-order valence-corrected chi connectivity index (χ3v) is 6.61. The molecule has 4 heteroatoms. The molecule has 1 amide bonds. The van der Waals surface area contributed by atoms with Crippen LogP contribution in [0.15, 0.2) is 24.3 Å². The summed E-state index contributed by atoms with van der Waals surface area (Å²) < 4.78 is 5.99. The quantitative estimate of drug-likeness (QED) is 0.932. The monoisotopic (exact) mass is 312 g/mol. The van der Waals surface area contributed by atoms with Crippen LogP contribution in [-0.2, 0) is 9.53 Å². The van der Waals surface area contributed by atoms with Crippen molar-refractivity contribution in [1.29, 1.82) is 0 Å². The number of benzene rings is 1. The zero-order valence-corrected chi connectivity index (χ0v) is 13.5. The van der Waals surface area contributed by atoms with Gasteiger partial charge < -0.3 is 15.0 Å². The van der Waals surface area contributed by atoms with Gasteiger partial charge in [-0.1, -0.05) is 6.42 Å². The topological polar surface area (TPSA) is 41.6 Å². The van der Waals surface area contributed by atoms with Crippen LogP contribution >= 0.6 is 0 Å². The van der Waals surface area contributed by atoms with Crippen LogP contribution in [0.4, 0.5) is 11.4 Å². The Balaban J connectivity index is 1.32. The average Bonchev–Trinajstić information content (AvgIpc) is 3.12. The van der Waals surface area contributed by atoms with Crippen molar-refractivity contribution in [1.82, 2.24) is 0 Å². The van der Waals surface area contributed by atoms with Crippen molar-refractivity contribution >= 4 is 17.3 Å². The maximum absolute atomic E-state index is 11.8. The number of amides is 1. The molecular formula is C19H24N2O2. The molecule has 0 radical (unpaired) electrons. The molecule has 1 aromatic carbocycles. The van der Waals surface area contributed by atoms with Crippen molar-refractivity contribution in [3.8, 4) is 0 Å². The molecule has 1 N–H and O–H groups in total. The van der Waals surface area contributed by atoms with Gasteiger partial charge in [-0.3, -0.25) is 4.79 Å². The van der Waals surface area contributed by atoms with Gasteiger partial charge in [0, 0.05) is 48.3 Å². The number of fused-ring (bicyclic) bond motifs is 2. The zero-order chi connectivity index (χ0) is 15.4. The summed E-state index contributed by atoms with van der Waals surface area (Å²) in [5.74, 6) is 0.944. The molecule has 5 rings (SSSR count). The Kier molecular flexibility index (Phi) is 2.99. The van der Waals surface area contributed by atoms with E-state index in [4.69, 9.17) is 4.74 Å². The van der Waals surface area contributed by atoms with Crippen molar-refractivity contribution in [3.05, 3.63) is 24.3 Å².